The molecule has 0 bridgehead atoms. The number of ether oxygens (including phenoxy) is 1. The molecule has 2 aromatic rings. The number of nitrogens with two attached hydrogens (primary N) is 1. The first-order valence-electron chi connectivity index (χ1n) is 8.03. The summed E-state index contributed by atoms with van der Waals surface area (Å²) in [7, 11) is 0. The number of rotatable bonds is 4. The lowest BCUT2D eigenvalue weighted by Gasteiger charge is -2.32. The van der Waals surface area contributed by atoms with Crippen molar-refractivity contribution in [1.29, 1.82) is 0 Å². The zero-order valence-corrected chi connectivity index (χ0v) is 13.2. The third kappa shape index (κ3) is 4.11. The van der Waals surface area contributed by atoms with Crippen LogP contribution in [-0.2, 0) is 11.3 Å². The second-order valence-electron chi connectivity index (χ2n) is 5.91. The summed E-state index contributed by atoms with van der Waals surface area (Å²) in [6.45, 7) is 2.11. The Morgan fingerprint density at radius 3 is 2.35 bits per heavy atom. The van der Waals surface area contributed by atoms with Crippen molar-refractivity contribution in [2.75, 3.05) is 18.8 Å². The minimum atomic E-state index is 0.0755. The highest BCUT2D eigenvalue weighted by atomic mass is 16.5. The maximum atomic E-state index is 12.4. The summed E-state index contributed by atoms with van der Waals surface area (Å²) < 4.78 is 5.96. The fourth-order valence-corrected chi connectivity index (χ4v) is 2.82. The quantitative estimate of drug-likeness (QED) is 0.883. The Morgan fingerprint density at radius 1 is 1.04 bits per heavy atom. The molecule has 4 nitrogen and oxygen atoms in total. The van der Waals surface area contributed by atoms with Crippen LogP contribution in [-0.4, -0.2) is 30.0 Å². The van der Waals surface area contributed by atoms with E-state index >= 15 is 0 Å². The van der Waals surface area contributed by atoms with Crippen molar-refractivity contribution in [2.24, 2.45) is 0 Å². The van der Waals surface area contributed by atoms with Crippen molar-refractivity contribution in [3.8, 4) is 0 Å². The molecule has 0 spiro atoms. The van der Waals surface area contributed by atoms with Crippen molar-refractivity contribution in [3.05, 3.63) is 65.7 Å². The molecule has 2 N–H and O–H groups in total. The predicted octanol–water partition coefficient (Wildman–Crippen LogP) is 3.09. The largest absolute Gasteiger partial charge is 0.399 e. The average molecular weight is 310 g/mol. The molecule has 1 amide bonds. The lowest BCUT2D eigenvalue weighted by molar-refractivity contribution is -0.000378. The third-order valence-electron chi connectivity index (χ3n) is 4.22. The van der Waals surface area contributed by atoms with Gasteiger partial charge in [0.25, 0.3) is 5.91 Å². The molecular formula is C19H22N2O2. The van der Waals surface area contributed by atoms with Gasteiger partial charge in [0, 0.05) is 24.3 Å². The van der Waals surface area contributed by atoms with E-state index in [2.05, 4.69) is 12.1 Å². The number of benzene rings is 2. The Hall–Kier alpha value is -2.33. The maximum Gasteiger partial charge on any atom is 0.253 e. The Bertz CT molecular complexity index is 632. The van der Waals surface area contributed by atoms with Crippen molar-refractivity contribution in [3.63, 3.8) is 0 Å². The number of amides is 1. The number of carbonyl (C=O) groups excluding carboxylic acids is 1. The molecule has 1 aliphatic heterocycles. The van der Waals surface area contributed by atoms with E-state index in [9.17, 15) is 4.79 Å². The summed E-state index contributed by atoms with van der Waals surface area (Å²) in [5, 5.41) is 0. The number of hydrogen-bond acceptors (Lipinski definition) is 3. The molecule has 0 unspecified atom stereocenters. The Morgan fingerprint density at radius 2 is 1.70 bits per heavy atom. The maximum absolute atomic E-state index is 12.4. The van der Waals surface area contributed by atoms with Gasteiger partial charge in [-0.1, -0.05) is 30.3 Å². The van der Waals surface area contributed by atoms with Crippen molar-refractivity contribution in [1.82, 2.24) is 4.90 Å². The van der Waals surface area contributed by atoms with Gasteiger partial charge in [0.2, 0.25) is 0 Å². The zero-order chi connectivity index (χ0) is 16.1. The molecule has 0 saturated carbocycles. The first-order chi connectivity index (χ1) is 11.2. The van der Waals surface area contributed by atoms with Crippen LogP contribution in [0.3, 0.4) is 0 Å². The van der Waals surface area contributed by atoms with Crippen LogP contribution in [0.25, 0.3) is 0 Å². The molecular weight excluding hydrogens is 288 g/mol. The lowest BCUT2D eigenvalue weighted by atomic mass is 10.1. The minimum Gasteiger partial charge on any atom is -0.399 e. The minimum absolute atomic E-state index is 0.0755. The molecule has 1 fully saturated rings. The summed E-state index contributed by atoms with van der Waals surface area (Å²) in [6, 6.07) is 17.3. The van der Waals surface area contributed by atoms with Crippen LogP contribution >= 0.6 is 0 Å². The summed E-state index contributed by atoms with van der Waals surface area (Å²) in [5.74, 6) is 0.0755. The van der Waals surface area contributed by atoms with Crippen LogP contribution in [0.15, 0.2) is 54.6 Å². The number of carbonyl (C=O) groups is 1. The third-order valence-corrected chi connectivity index (χ3v) is 4.22. The van der Waals surface area contributed by atoms with Crippen LogP contribution < -0.4 is 5.73 Å². The first-order valence-corrected chi connectivity index (χ1v) is 8.03. The van der Waals surface area contributed by atoms with Gasteiger partial charge in [-0.05, 0) is 42.7 Å². The number of piperidine rings is 1. The second kappa shape index (κ2) is 7.29. The zero-order valence-electron chi connectivity index (χ0n) is 13.2. The molecule has 0 aromatic heterocycles. The smallest absolute Gasteiger partial charge is 0.253 e. The second-order valence-corrected chi connectivity index (χ2v) is 5.91. The number of likely N-dealkylation sites (tertiary alicyclic amines) is 1. The summed E-state index contributed by atoms with van der Waals surface area (Å²) in [6.07, 6.45) is 1.99. The fourth-order valence-electron chi connectivity index (χ4n) is 2.82. The standard InChI is InChI=1S/C19H22N2O2/c20-17-8-6-16(7-9-17)19(22)21-12-10-18(11-13-21)23-14-15-4-2-1-3-5-15/h1-9,18H,10-14,20H2. The summed E-state index contributed by atoms with van der Waals surface area (Å²) in [4.78, 5) is 14.3. The number of nitrogens with zero attached hydrogens (tertiary/aromatic N) is 1. The molecule has 0 radical (unpaired) electrons. The SMILES string of the molecule is Nc1ccc(C(=O)N2CCC(OCc3ccccc3)CC2)cc1. The molecule has 4 heteroatoms. The highest BCUT2D eigenvalue weighted by Gasteiger charge is 2.23. The van der Waals surface area contributed by atoms with Gasteiger partial charge in [0.15, 0.2) is 0 Å². The number of hydrogen-bond donors (Lipinski definition) is 1. The van der Waals surface area contributed by atoms with Crippen LogP contribution in [0.5, 0.6) is 0 Å². The number of anilines is 1. The van der Waals surface area contributed by atoms with Crippen LogP contribution in [0.4, 0.5) is 5.69 Å². The van der Waals surface area contributed by atoms with Crippen LogP contribution in [0.1, 0.15) is 28.8 Å². The van der Waals surface area contributed by atoms with Crippen molar-refractivity contribution >= 4 is 11.6 Å². The molecule has 1 saturated heterocycles. The van der Waals surface area contributed by atoms with Crippen LogP contribution in [0, 0.1) is 0 Å². The highest BCUT2D eigenvalue weighted by molar-refractivity contribution is 5.94. The normalized spacial score (nSPS) is 15.6. The van der Waals surface area contributed by atoms with Gasteiger partial charge in [-0.2, -0.15) is 0 Å². The molecule has 1 aliphatic rings. The van der Waals surface area contributed by atoms with E-state index in [4.69, 9.17) is 10.5 Å². The number of nitrogen functional groups attached to an aromatic ring is 1. The summed E-state index contributed by atoms with van der Waals surface area (Å²) >= 11 is 0. The topological polar surface area (TPSA) is 55.6 Å². The monoisotopic (exact) mass is 310 g/mol. The van der Waals surface area contributed by atoms with Gasteiger partial charge >= 0.3 is 0 Å². The van der Waals surface area contributed by atoms with Gasteiger partial charge < -0.3 is 15.4 Å². The lowest BCUT2D eigenvalue weighted by Crippen LogP contribution is -2.40. The van der Waals surface area contributed by atoms with E-state index in [1.807, 2.05) is 23.1 Å². The Balaban J connectivity index is 1.48. The highest BCUT2D eigenvalue weighted by Crippen LogP contribution is 2.18. The molecule has 3 rings (SSSR count). The predicted molar refractivity (Wildman–Crippen MR) is 91.0 cm³/mol. The van der Waals surface area contributed by atoms with Gasteiger partial charge in [-0.15, -0.1) is 0 Å². The average Bonchev–Trinajstić information content (AvgIpc) is 2.61. The van der Waals surface area contributed by atoms with Crippen LogP contribution in [0.2, 0.25) is 0 Å². The van der Waals surface area contributed by atoms with Crippen molar-refractivity contribution < 1.29 is 9.53 Å². The van der Waals surface area contributed by atoms with Gasteiger partial charge in [0.1, 0.15) is 0 Å². The molecule has 0 atom stereocenters. The molecule has 23 heavy (non-hydrogen) atoms. The van der Waals surface area contributed by atoms with E-state index in [0.717, 1.165) is 25.9 Å². The van der Waals surface area contributed by atoms with Gasteiger partial charge in [-0.25, -0.2) is 0 Å². The molecule has 2 aromatic carbocycles. The van der Waals surface area contributed by atoms with E-state index in [1.165, 1.54) is 5.56 Å². The van der Waals surface area contributed by atoms with Gasteiger partial charge in [-0.3, -0.25) is 4.79 Å². The van der Waals surface area contributed by atoms with E-state index in [0.29, 0.717) is 17.9 Å². The van der Waals surface area contributed by atoms with Gasteiger partial charge in [0.05, 0.1) is 12.7 Å². The summed E-state index contributed by atoms with van der Waals surface area (Å²) in [5.41, 5.74) is 8.22. The van der Waals surface area contributed by atoms with E-state index in [1.54, 1.807) is 24.3 Å². The Kier molecular flexibility index (Phi) is 4.93. The fraction of sp³-hybridized carbons (Fsp3) is 0.316. The first kappa shape index (κ1) is 15.6. The van der Waals surface area contributed by atoms with Crippen molar-refractivity contribution in [2.45, 2.75) is 25.6 Å². The van der Waals surface area contributed by atoms with E-state index in [-0.39, 0.29) is 12.0 Å². The molecule has 1 heterocycles. The molecule has 120 valence electrons. The van der Waals surface area contributed by atoms with E-state index < -0.39 is 0 Å². The molecule has 0 aliphatic carbocycles. The Labute approximate surface area is 136 Å².